The van der Waals surface area contributed by atoms with E-state index >= 15 is 0 Å². The fraction of sp³-hybridized carbons (Fsp3) is 0.923. The molecule has 0 unspecified atom stereocenters. The van der Waals surface area contributed by atoms with E-state index in [2.05, 4.69) is 6.92 Å². The minimum atomic E-state index is -0.233. The molecular weight excluding hydrogens is 216 g/mol. The Kier molecular flexibility index (Phi) is 14.5. The van der Waals surface area contributed by atoms with Gasteiger partial charge >= 0.3 is 6.09 Å². The summed E-state index contributed by atoms with van der Waals surface area (Å²) in [4.78, 5) is 12.5. The summed E-state index contributed by atoms with van der Waals surface area (Å²) < 4.78 is 5.04. The number of amides is 1. The Morgan fingerprint density at radius 3 is 1.88 bits per heavy atom. The molecule has 0 aromatic carbocycles. The van der Waals surface area contributed by atoms with Crippen LogP contribution < -0.4 is 6.15 Å². The maximum Gasteiger partial charge on any atom is 0.409 e. The van der Waals surface area contributed by atoms with Crippen LogP contribution in [0.1, 0.15) is 58.3 Å². The molecule has 0 aliphatic rings. The van der Waals surface area contributed by atoms with Crippen molar-refractivity contribution < 1.29 is 9.53 Å². The van der Waals surface area contributed by atoms with Crippen LogP contribution in [0.4, 0.5) is 4.79 Å². The molecule has 3 N–H and O–H groups in total. The molecule has 17 heavy (non-hydrogen) atoms. The summed E-state index contributed by atoms with van der Waals surface area (Å²) in [5, 5.41) is 0. The van der Waals surface area contributed by atoms with E-state index in [1.165, 1.54) is 49.8 Å². The molecule has 1 amide bonds. The van der Waals surface area contributed by atoms with Crippen LogP contribution in [-0.2, 0) is 4.74 Å². The molecule has 0 aliphatic carbocycles. The normalized spacial score (nSPS) is 9.59. The van der Waals surface area contributed by atoms with E-state index in [9.17, 15) is 4.79 Å². The topological polar surface area (TPSA) is 64.5 Å². The molecule has 0 saturated heterocycles. The van der Waals surface area contributed by atoms with Crippen molar-refractivity contribution in [1.29, 1.82) is 0 Å². The lowest BCUT2D eigenvalue weighted by atomic mass is 10.1. The first-order valence-electron chi connectivity index (χ1n) is 6.52. The molecule has 4 nitrogen and oxygen atoms in total. The molecule has 0 atom stereocenters. The van der Waals surface area contributed by atoms with E-state index in [1.807, 2.05) is 0 Å². The van der Waals surface area contributed by atoms with Crippen LogP contribution in [0.3, 0.4) is 0 Å². The first-order valence-corrected chi connectivity index (χ1v) is 6.52. The van der Waals surface area contributed by atoms with Crippen molar-refractivity contribution in [3.05, 3.63) is 0 Å². The molecule has 0 aromatic rings. The molecule has 0 spiro atoms. The first kappa shape index (κ1) is 18.6. The Hall–Kier alpha value is -0.770. The largest absolute Gasteiger partial charge is 0.449 e. The summed E-state index contributed by atoms with van der Waals surface area (Å²) in [6.07, 6.45) is 9.91. The van der Waals surface area contributed by atoms with Gasteiger partial charge in [0.15, 0.2) is 0 Å². The van der Waals surface area contributed by atoms with Gasteiger partial charge in [0.1, 0.15) is 0 Å². The van der Waals surface area contributed by atoms with E-state index < -0.39 is 0 Å². The van der Waals surface area contributed by atoms with Crippen LogP contribution in [-0.4, -0.2) is 31.7 Å². The van der Waals surface area contributed by atoms with Crippen LogP contribution in [0.25, 0.3) is 0 Å². The zero-order chi connectivity index (χ0) is 12.2. The fourth-order valence-electron chi connectivity index (χ4n) is 1.52. The lowest BCUT2D eigenvalue weighted by molar-refractivity contribution is 0.116. The average molecular weight is 246 g/mol. The lowest BCUT2D eigenvalue weighted by Crippen LogP contribution is -2.23. The van der Waals surface area contributed by atoms with Gasteiger partial charge in [-0.2, -0.15) is 0 Å². The van der Waals surface area contributed by atoms with Gasteiger partial charge in [0, 0.05) is 14.1 Å². The number of nitrogens with zero attached hydrogens (tertiary/aromatic N) is 1. The Balaban J connectivity index is 0. The smallest absolute Gasteiger partial charge is 0.409 e. The minimum absolute atomic E-state index is 0. The van der Waals surface area contributed by atoms with Crippen molar-refractivity contribution in [3.8, 4) is 0 Å². The number of hydrogen-bond donors (Lipinski definition) is 1. The lowest BCUT2D eigenvalue weighted by Gasteiger charge is -2.10. The average Bonchev–Trinajstić information content (AvgIpc) is 2.26. The summed E-state index contributed by atoms with van der Waals surface area (Å²) in [5.41, 5.74) is 0. The molecule has 0 aromatic heterocycles. The van der Waals surface area contributed by atoms with Gasteiger partial charge in [-0.3, -0.25) is 0 Å². The van der Waals surface area contributed by atoms with Gasteiger partial charge in [-0.15, -0.1) is 0 Å². The van der Waals surface area contributed by atoms with Crippen molar-refractivity contribution in [2.24, 2.45) is 0 Å². The zero-order valence-electron chi connectivity index (χ0n) is 11.8. The predicted molar refractivity (Wildman–Crippen MR) is 72.7 cm³/mol. The highest BCUT2D eigenvalue weighted by atomic mass is 16.6. The predicted octanol–water partition coefficient (Wildman–Crippen LogP) is 3.99. The number of carbonyl (C=O) groups is 1. The van der Waals surface area contributed by atoms with E-state index in [0.29, 0.717) is 6.61 Å². The summed E-state index contributed by atoms with van der Waals surface area (Å²) in [6, 6.07) is 0. The second-order valence-corrected chi connectivity index (χ2v) is 4.48. The van der Waals surface area contributed by atoms with Gasteiger partial charge < -0.3 is 15.8 Å². The van der Waals surface area contributed by atoms with Gasteiger partial charge in [0.2, 0.25) is 0 Å². The third kappa shape index (κ3) is 13.2. The van der Waals surface area contributed by atoms with Gasteiger partial charge in [-0.05, 0) is 6.42 Å². The highest BCUT2D eigenvalue weighted by molar-refractivity contribution is 5.66. The minimum Gasteiger partial charge on any atom is -0.449 e. The molecule has 4 heteroatoms. The number of carbonyl (C=O) groups excluding carboxylic acids is 1. The molecule has 0 bridgehead atoms. The maximum absolute atomic E-state index is 11.1. The monoisotopic (exact) mass is 246 g/mol. The highest BCUT2D eigenvalue weighted by Crippen LogP contribution is 2.08. The molecule has 0 radical (unpaired) electrons. The van der Waals surface area contributed by atoms with Gasteiger partial charge in [-0.1, -0.05) is 51.9 Å². The van der Waals surface area contributed by atoms with E-state index in [1.54, 1.807) is 14.1 Å². The van der Waals surface area contributed by atoms with Crippen molar-refractivity contribution in [1.82, 2.24) is 11.1 Å². The molecule has 104 valence electrons. The van der Waals surface area contributed by atoms with E-state index in [4.69, 9.17) is 4.74 Å². The van der Waals surface area contributed by atoms with Crippen LogP contribution in [0.15, 0.2) is 0 Å². The number of rotatable bonds is 9. The molecule has 0 heterocycles. The summed E-state index contributed by atoms with van der Waals surface area (Å²) in [6.45, 7) is 2.80. The number of ether oxygens (including phenoxy) is 1. The summed E-state index contributed by atoms with van der Waals surface area (Å²) >= 11 is 0. The van der Waals surface area contributed by atoms with Crippen molar-refractivity contribution in [2.75, 3.05) is 20.7 Å². The molecule has 0 rings (SSSR count). The molecule has 0 fully saturated rings. The second-order valence-electron chi connectivity index (χ2n) is 4.48. The van der Waals surface area contributed by atoms with Crippen LogP contribution in [0.2, 0.25) is 0 Å². The first-order chi connectivity index (χ1) is 7.68. The Morgan fingerprint density at radius 2 is 1.41 bits per heavy atom. The van der Waals surface area contributed by atoms with Gasteiger partial charge in [0.05, 0.1) is 6.61 Å². The zero-order valence-corrected chi connectivity index (χ0v) is 11.8. The van der Waals surface area contributed by atoms with Crippen molar-refractivity contribution in [3.63, 3.8) is 0 Å². The Labute approximate surface area is 106 Å². The van der Waals surface area contributed by atoms with Gasteiger partial charge in [0.25, 0.3) is 0 Å². The van der Waals surface area contributed by atoms with E-state index in [-0.39, 0.29) is 12.2 Å². The highest BCUT2D eigenvalue weighted by Gasteiger charge is 2.02. The van der Waals surface area contributed by atoms with E-state index in [0.717, 1.165) is 6.42 Å². The number of hydrogen-bond acceptors (Lipinski definition) is 3. The number of unbranched alkanes of at least 4 members (excludes halogenated alkanes) is 7. The molecule has 0 saturated carbocycles. The van der Waals surface area contributed by atoms with Crippen LogP contribution >= 0.6 is 0 Å². The maximum atomic E-state index is 11.1. The van der Waals surface area contributed by atoms with Crippen molar-refractivity contribution >= 4 is 6.09 Å². The molecule has 0 aliphatic heterocycles. The fourth-order valence-corrected chi connectivity index (χ4v) is 1.52. The third-order valence-corrected chi connectivity index (χ3v) is 2.59. The van der Waals surface area contributed by atoms with Crippen LogP contribution in [0, 0.1) is 0 Å². The summed E-state index contributed by atoms with van der Waals surface area (Å²) in [7, 11) is 3.41. The molecular formula is C13H30N2O2. The second kappa shape index (κ2) is 13.3. The SMILES string of the molecule is CCCCCCCCCCOC(=O)N(C)C.N. The Bertz CT molecular complexity index is 173. The Morgan fingerprint density at radius 1 is 0.941 bits per heavy atom. The standard InChI is InChI=1S/C13H27NO2.H3N/c1-4-5-6-7-8-9-10-11-12-16-13(15)14(2)3;/h4-12H2,1-3H3;1H3. The van der Waals surface area contributed by atoms with Gasteiger partial charge in [-0.25, -0.2) is 4.79 Å². The van der Waals surface area contributed by atoms with Crippen molar-refractivity contribution in [2.45, 2.75) is 58.3 Å². The quantitative estimate of drug-likeness (QED) is 0.626. The summed E-state index contributed by atoms with van der Waals surface area (Å²) in [5.74, 6) is 0. The third-order valence-electron chi connectivity index (χ3n) is 2.59. The van der Waals surface area contributed by atoms with Crippen LogP contribution in [0.5, 0.6) is 0 Å².